The van der Waals surface area contributed by atoms with E-state index in [0.29, 0.717) is 0 Å². The lowest BCUT2D eigenvalue weighted by Gasteiger charge is -2.11. The van der Waals surface area contributed by atoms with Crippen LogP contribution in [0.2, 0.25) is 0 Å². The second-order valence-corrected chi connectivity index (χ2v) is 11.5. The number of hydrogen-bond acceptors (Lipinski definition) is 0. The van der Waals surface area contributed by atoms with Crippen LogP contribution >= 0.6 is 0 Å². The molecule has 1 aliphatic heterocycles. The van der Waals surface area contributed by atoms with Crippen LogP contribution in [0, 0.1) is 0 Å². The van der Waals surface area contributed by atoms with Crippen LogP contribution in [-0.4, -0.2) is 4.40 Å². The van der Waals surface area contributed by atoms with E-state index in [1.165, 1.54) is 61.4 Å². The number of pyridine rings is 2. The van der Waals surface area contributed by atoms with E-state index < -0.39 is 0 Å². The van der Waals surface area contributed by atoms with Crippen molar-refractivity contribution in [3.63, 3.8) is 0 Å². The normalized spacial score (nSPS) is 14.4. The van der Waals surface area contributed by atoms with Crippen molar-refractivity contribution in [1.82, 2.24) is 4.40 Å². The number of hydrogen-bond donors (Lipinski definition) is 0. The number of rotatable bonds is 7. The van der Waals surface area contributed by atoms with Crippen LogP contribution in [-0.2, 0) is 0 Å². The van der Waals surface area contributed by atoms with Gasteiger partial charge in [0.1, 0.15) is 0 Å². The molecule has 0 amide bonds. The number of aromatic nitrogens is 2. The molecule has 0 bridgehead atoms. The molecule has 1 unspecified atom stereocenters. The van der Waals surface area contributed by atoms with Gasteiger partial charge in [0.15, 0.2) is 12.2 Å². The van der Waals surface area contributed by atoms with Gasteiger partial charge in [-0.1, -0.05) is 133 Å². The Morgan fingerprint density at radius 1 is 0.533 bits per heavy atom. The first kappa shape index (κ1) is 26.9. The summed E-state index contributed by atoms with van der Waals surface area (Å²) >= 11 is 0. The Morgan fingerprint density at radius 2 is 1.09 bits per heavy atom. The van der Waals surface area contributed by atoms with E-state index in [1.807, 2.05) is 0 Å². The molecule has 1 atom stereocenters. The Bertz CT molecular complexity index is 2160. The van der Waals surface area contributed by atoms with Gasteiger partial charge in [0.05, 0.1) is 16.8 Å². The highest BCUT2D eigenvalue weighted by molar-refractivity contribution is 6.00. The van der Waals surface area contributed by atoms with E-state index >= 15 is 0 Å². The number of fused-ring (bicyclic) bond motifs is 2. The molecule has 0 saturated heterocycles. The smallest absolute Gasteiger partial charge is 0.214 e. The summed E-state index contributed by atoms with van der Waals surface area (Å²) in [6, 6.07) is 56.5. The standard InChI is InChI=1S/C43H33N2/c1-5-18-32(19-6-1)40-36-26-13-15-30-44(36)38(42(40)34-22-9-3-10-23-34)28-17-29-39-43(35-24-11-4-12-25-35)41(33-20-7-2-8-21-33)37-27-14-16-31-45(37)39/h1-28,30-31,39H,29H2/q+1. The van der Waals surface area contributed by atoms with Crippen molar-refractivity contribution in [3.05, 3.63) is 199 Å². The van der Waals surface area contributed by atoms with Crippen molar-refractivity contribution in [2.75, 3.05) is 0 Å². The minimum Gasteiger partial charge on any atom is -0.316 e. The summed E-state index contributed by atoms with van der Waals surface area (Å²) in [5.41, 5.74) is 13.8. The molecule has 8 rings (SSSR count). The zero-order valence-corrected chi connectivity index (χ0v) is 25.0. The fourth-order valence-electron chi connectivity index (χ4n) is 6.98. The average Bonchev–Trinajstić information content (AvgIpc) is 3.63. The van der Waals surface area contributed by atoms with Gasteiger partial charge in [0.25, 0.3) is 0 Å². The molecule has 0 N–H and O–H groups in total. The zero-order chi connectivity index (χ0) is 30.0. The predicted molar refractivity (Wildman–Crippen MR) is 186 cm³/mol. The number of nitrogens with zero attached hydrogens (tertiary/aromatic N) is 2. The molecule has 0 saturated carbocycles. The van der Waals surface area contributed by atoms with Crippen molar-refractivity contribution in [3.8, 4) is 22.3 Å². The first-order valence-corrected chi connectivity index (χ1v) is 15.6. The number of benzene rings is 4. The quantitative estimate of drug-likeness (QED) is 0.167. The Labute approximate surface area is 264 Å². The van der Waals surface area contributed by atoms with E-state index in [1.54, 1.807) is 0 Å². The molecule has 0 spiro atoms. The Kier molecular flexibility index (Phi) is 7.01. The van der Waals surface area contributed by atoms with Crippen LogP contribution in [0.15, 0.2) is 176 Å². The maximum absolute atomic E-state index is 2.46. The number of allylic oxidation sites excluding steroid dienone is 2. The van der Waals surface area contributed by atoms with Crippen LogP contribution in [0.5, 0.6) is 0 Å². The summed E-state index contributed by atoms with van der Waals surface area (Å²) in [7, 11) is 0. The predicted octanol–water partition coefficient (Wildman–Crippen LogP) is 10.2. The molecule has 7 aromatic rings. The average molecular weight is 578 g/mol. The fraction of sp³-hybridized carbons (Fsp3) is 0.0465. The highest BCUT2D eigenvalue weighted by atomic mass is 15.0. The monoisotopic (exact) mass is 577 g/mol. The van der Waals surface area contributed by atoms with Crippen molar-refractivity contribution < 1.29 is 4.57 Å². The summed E-state index contributed by atoms with van der Waals surface area (Å²) in [6.07, 6.45) is 10.0. The summed E-state index contributed by atoms with van der Waals surface area (Å²) in [5.74, 6) is 0. The van der Waals surface area contributed by atoms with Crippen molar-refractivity contribution in [2.45, 2.75) is 12.5 Å². The largest absolute Gasteiger partial charge is 0.316 e. The van der Waals surface area contributed by atoms with E-state index in [2.05, 4.69) is 191 Å². The topological polar surface area (TPSA) is 8.29 Å². The molecule has 4 aromatic carbocycles. The fourth-order valence-corrected chi connectivity index (χ4v) is 6.98. The molecule has 0 aliphatic carbocycles. The molecule has 1 aliphatic rings. The molecule has 2 heteroatoms. The van der Waals surface area contributed by atoms with Gasteiger partial charge in [-0.15, -0.1) is 0 Å². The molecule has 4 heterocycles. The van der Waals surface area contributed by atoms with Gasteiger partial charge in [-0.25, -0.2) is 0 Å². The van der Waals surface area contributed by atoms with Gasteiger partial charge in [-0.3, -0.25) is 0 Å². The van der Waals surface area contributed by atoms with Gasteiger partial charge in [-0.2, -0.15) is 4.57 Å². The first-order chi connectivity index (χ1) is 22.4. The highest BCUT2D eigenvalue weighted by Gasteiger charge is 2.39. The van der Waals surface area contributed by atoms with Gasteiger partial charge >= 0.3 is 0 Å². The maximum atomic E-state index is 2.46. The summed E-state index contributed by atoms with van der Waals surface area (Å²) in [4.78, 5) is 0. The molecular weight excluding hydrogens is 544 g/mol. The van der Waals surface area contributed by atoms with E-state index in [0.717, 1.165) is 6.42 Å². The lowest BCUT2D eigenvalue weighted by atomic mass is 9.90. The Morgan fingerprint density at radius 3 is 1.76 bits per heavy atom. The van der Waals surface area contributed by atoms with Crippen LogP contribution in [0.25, 0.3) is 45.0 Å². The summed E-state index contributed by atoms with van der Waals surface area (Å²) in [6.45, 7) is 0. The van der Waals surface area contributed by atoms with Gasteiger partial charge in [-0.05, 0) is 46.5 Å². The first-order valence-electron chi connectivity index (χ1n) is 15.6. The van der Waals surface area contributed by atoms with E-state index in [4.69, 9.17) is 0 Å². The van der Waals surface area contributed by atoms with Crippen LogP contribution in [0.1, 0.15) is 35.0 Å². The second kappa shape index (κ2) is 11.7. The molecule has 45 heavy (non-hydrogen) atoms. The molecule has 2 nitrogen and oxygen atoms in total. The molecule has 0 radical (unpaired) electrons. The zero-order valence-electron chi connectivity index (χ0n) is 25.0. The lowest BCUT2D eigenvalue weighted by Crippen LogP contribution is -2.38. The molecule has 214 valence electrons. The van der Waals surface area contributed by atoms with Gasteiger partial charge in [0, 0.05) is 41.5 Å². The minimum atomic E-state index is 0.162. The SMILES string of the molecule is C(=Cc1c(-c2ccccc2)c(-c2ccccc2)c2ccccn12)CC1C(c2ccccc2)=C(c2ccccc2)c2cccc[n+]21. The van der Waals surface area contributed by atoms with Crippen molar-refractivity contribution >= 4 is 22.7 Å². The van der Waals surface area contributed by atoms with Crippen LogP contribution in [0.3, 0.4) is 0 Å². The van der Waals surface area contributed by atoms with E-state index in [9.17, 15) is 0 Å². The summed E-state index contributed by atoms with van der Waals surface area (Å²) in [5, 5.41) is 0. The van der Waals surface area contributed by atoms with Crippen molar-refractivity contribution in [1.29, 1.82) is 0 Å². The van der Waals surface area contributed by atoms with Gasteiger partial charge in [0.2, 0.25) is 5.69 Å². The second-order valence-electron chi connectivity index (χ2n) is 11.5. The molecular formula is C43H33N2+. The van der Waals surface area contributed by atoms with Crippen molar-refractivity contribution in [2.24, 2.45) is 0 Å². The van der Waals surface area contributed by atoms with Crippen LogP contribution < -0.4 is 4.57 Å². The molecule has 0 fully saturated rings. The third-order valence-electron chi connectivity index (χ3n) is 8.87. The minimum absolute atomic E-state index is 0.162. The Hall–Kier alpha value is -5.73. The third kappa shape index (κ3) is 4.81. The van der Waals surface area contributed by atoms with E-state index in [-0.39, 0.29) is 6.04 Å². The molecule has 3 aromatic heterocycles. The Balaban J connectivity index is 1.29. The highest BCUT2D eigenvalue weighted by Crippen LogP contribution is 2.44. The third-order valence-corrected chi connectivity index (χ3v) is 8.87. The summed E-state index contributed by atoms with van der Waals surface area (Å²) < 4.78 is 4.80. The lowest BCUT2D eigenvalue weighted by molar-refractivity contribution is -0.706. The maximum Gasteiger partial charge on any atom is 0.214 e. The van der Waals surface area contributed by atoms with Gasteiger partial charge < -0.3 is 4.40 Å². The van der Waals surface area contributed by atoms with Crippen LogP contribution in [0.4, 0.5) is 0 Å².